The normalized spacial score (nSPS) is 23.4. The largest absolute Gasteiger partial charge is 0.459 e. The van der Waals surface area contributed by atoms with Gasteiger partial charge in [-0.2, -0.15) is 5.10 Å². The van der Waals surface area contributed by atoms with Crippen LogP contribution in [0.15, 0.2) is 35.1 Å². The first kappa shape index (κ1) is 16.3. The molecule has 134 valence electrons. The quantitative estimate of drug-likeness (QED) is 0.852. The highest BCUT2D eigenvalue weighted by Gasteiger charge is 2.40. The predicted molar refractivity (Wildman–Crippen MR) is 85.2 cm³/mol. The summed E-state index contributed by atoms with van der Waals surface area (Å²) in [4.78, 5) is 16.4. The summed E-state index contributed by atoms with van der Waals surface area (Å²) >= 11 is 0. The Balaban J connectivity index is 1.56. The number of aromatic nitrogens is 2. The zero-order valence-corrected chi connectivity index (χ0v) is 13.8. The summed E-state index contributed by atoms with van der Waals surface area (Å²) in [5, 5.41) is 4.28. The third kappa shape index (κ3) is 3.30. The standard InChI is InChI=1S/C17H20F2N4O2/c18-17(19)5-8-21(12-17)10-13-4-7-23-14(3-6-20-23)11-22(13)16(24)15-2-1-9-25-15/h1-3,6,9,13H,4-5,7-8,10-12H2/t13-/m0/s1. The zero-order chi connectivity index (χ0) is 17.4. The molecule has 0 bridgehead atoms. The van der Waals surface area contributed by atoms with Crippen molar-refractivity contribution in [2.75, 3.05) is 19.6 Å². The van der Waals surface area contributed by atoms with E-state index in [1.807, 2.05) is 10.7 Å². The summed E-state index contributed by atoms with van der Waals surface area (Å²) in [6, 6.07) is 5.03. The first-order valence-corrected chi connectivity index (χ1v) is 8.47. The molecule has 1 fully saturated rings. The Bertz CT molecular complexity index is 744. The maximum Gasteiger partial charge on any atom is 0.290 e. The number of rotatable bonds is 3. The number of hydrogen-bond acceptors (Lipinski definition) is 4. The number of hydrogen-bond donors (Lipinski definition) is 0. The number of carbonyl (C=O) groups is 1. The van der Waals surface area contributed by atoms with Crippen molar-refractivity contribution in [1.29, 1.82) is 0 Å². The molecule has 1 atom stereocenters. The number of alkyl halides is 2. The smallest absolute Gasteiger partial charge is 0.290 e. The van der Waals surface area contributed by atoms with Gasteiger partial charge in [0.05, 0.1) is 25.0 Å². The van der Waals surface area contributed by atoms with Crippen LogP contribution >= 0.6 is 0 Å². The number of carbonyl (C=O) groups excluding carboxylic acids is 1. The van der Waals surface area contributed by atoms with Gasteiger partial charge in [-0.05, 0) is 24.6 Å². The Hall–Kier alpha value is -2.22. The van der Waals surface area contributed by atoms with Crippen molar-refractivity contribution in [2.45, 2.75) is 37.9 Å². The molecule has 0 unspecified atom stereocenters. The van der Waals surface area contributed by atoms with E-state index in [1.165, 1.54) is 6.26 Å². The summed E-state index contributed by atoms with van der Waals surface area (Å²) in [5.41, 5.74) is 0.939. The molecule has 0 aliphatic carbocycles. The Morgan fingerprint density at radius 1 is 1.36 bits per heavy atom. The molecule has 2 aliphatic rings. The van der Waals surface area contributed by atoms with Crippen molar-refractivity contribution in [3.05, 3.63) is 42.1 Å². The van der Waals surface area contributed by atoms with Crippen LogP contribution in [0.1, 0.15) is 29.1 Å². The van der Waals surface area contributed by atoms with E-state index in [9.17, 15) is 13.6 Å². The molecule has 2 aromatic heterocycles. The van der Waals surface area contributed by atoms with Crippen molar-refractivity contribution in [3.63, 3.8) is 0 Å². The molecule has 0 spiro atoms. The van der Waals surface area contributed by atoms with E-state index in [1.54, 1.807) is 28.1 Å². The maximum atomic E-state index is 13.5. The molecule has 1 saturated heterocycles. The van der Waals surface area contributed by atoms with Gasteiger partial charge in [0, 0.05) is 38.3 Å². The van der Waals surface area contributed by atoms with E-state index < -0.39 is 5.92 Å². The minimum atomic E-state index is -2.63. The summed E-state index contributed by atoms with van der Waals surface area (Å²) in [5.74, 6) is -2.58. The molecule has 1 amide bonds. The third-order valence-corrected chi connectivity index (χ3v) is 4.96. The monoisotopic (exact) mass is 350 g/mol. The van der Waals surface area contributed by atoms with Crippen LogP contribution in [0, 0.1) is 0 Å². The van der Waals surface area contributed by atoms with Crippen LogP contribution in [-0.2, 0) is 13.1 Å². The maximum absolute atomic E-state index is 13.5. The number of fused-ring (bicyclic) bond motifs is 1. The fraction of sp³-hybridized carbons (Fsp3) is 0.529. The van der Waals surface area contributed by atoms with E-state index in [4.69, 9.17) is 4.42 Å². The lowest BCUT2D eigenvalue weighted by atomic mass is 10.1. The molecule has 2 aromatic rings. The van der Waals surface area contributed by atoms with Gasteiger partial charge >= 0.3 is 0 Å². The molecule has 8 heteroatoms. The highest BCUT2D eigenvalue weighted by atomic mass is 19.3. The van der Waals surface area contributed by atoms with Crippen LogP contribution in [0.3, 0.4) is 0 Å². The second-order valence-electron chi connectivity index (χ2n) is 6.74. The van der Waals surface area contributed by atoms with Crippen molar-refractivity contribution >= 4 is 5.91 Å². The first-order chi connectivity index (χ1) is 12.0. The van der Waals surface area contributed by atoms with Gasteiger partial charge in [0.2, 0.25) is 0 Å². The van der Waals surface area contributed by atoms with Gasteiger partial charge in [0.15, 0.2) is 5.76 Å². The van der Waals surface area contributed by atoms with E-state index in [2.05, 4.69) is 5.10 Å². The minimum Gasteiger partial charge on any atom is -0.459 e. The SMILES string of the molecule is O=C(c1ccco1)N1Cc2ccnn2CC[C@H]1CN1CCC(F)(F)C1. The third-order valence-electron chi connectivity index (χ3n) is 4.96. The highest BCUT2D eigenvalue weighted by molar-refractivity contribution is 5.91. The molecule has 4 rings (SSSR count). The molecule has 2 aliphatic heterocycles. The minimum absolute atomic E-state index is 0.118. The van der Waals surface area contributed by atoms with Crippen molar-refractivity contribution in [3.8, 4) is 0 Å². The van der Waals surface area contributed by atoms with Crippen LogP contribution < -0.4 is 0 Å². The number of furan rings is 1. The summed E-state index contributed by atoms with van der Waals surface area (Å²) in [6.45, 7) is 1.62. The van der Waals surface area contributed by atoms with Crippen LogP contribution in [0.2, 0.25) is 0 Å². The van der Waals surface area contributed by atoms with Gasteiger partial charge in [0.1, 0.15) is 0 Å². The fourth-order valence-electron chi connectivity index (χ4n) is 3.66. The number of amides is 1. The predicted octanol–water partition coefficient (Wildman–Crippen LogP) is 2.23. The molecule has 0 radical (unpaired) electrons. The zero-order valence-electron chi connectivity index (χ0n) is 13.8. The molecule has 0 N–H and O–H groups in total. The first-order valence-electron chi connectivity index (χ1n) is 8.47. The van der Waals surface area contributed by atoms with Gasteiger partial charge < -0.3 is 9.32 Å². The molecule has 0 saturated carbocycles. The average Bonchev–Trinajstić information content (AvgIpc) is 3.29. The lowest BCUT2D eigenvalue weighted by Gasteiger charge is -2.32. The lowest BCUT2D eigenvalue weighted by molar-refractivity contribution is 0.00908. The topological polar surface area (TPSA) is 54.5 Å². The van der Waals surface area contributed by atoms with E-state index in [0.29, 0.717) is 32.6 Å². The molecule has 25 heavy (non-hydrogen) atoms. The second-order valence-corrected chi connectivity index (χ2v) is 6.74. The summed E-state index contributed by atoms with van der Waals surface area (Å²) < 4.78 is 34.2. The van der Waals surface area contributed by atoms with Crippen LogP contribution in [0.5, 0.6) is 0 Å². The van der Waals surface area contributed by atoms with E-state index >= 15 is 0 Å². The number of nitrogens with zero attached hydrogens (tertiary/aromatic N) is 4. The van der Waals surface area contributed by atoms with Crippen LogP contribution in [-0.4, -0.2) is 57.1 Å². The lowest BCUT2D eigenvalue weighted by Crippen LogP contribution is -2.46. The Kier molecular flexibility index (Phi) is 4.07. The molecular weight excluding hydrogens is 330 g/mol. The average molecular weight is 350 g/mol. The highest BCUT2D eigenvalue weighted by Crippen LogP contribution is 2.28. The van der Waals surface area contributed by atoms with Gasteiger partial charge in [-0.25, -0.2) is 8.78 Å². The van der Waals surface area contributed by atoms with Crippen LogP contribution in [0.25, 0.3) is 0 Å². The number of aryl methyl sites for hydroxylation is 1. The molecule has 0 aromatic carbocycles. The van der Waals surface area contributed by atoms with E-state index in [0.717, 1.165) is 5.69 Å². The van der Waals surface area contributed by atoms with Gasteiger partial charge in [-0.15, -0.1) is 0 Å². The Morgan fingerprint density at radius 3 is 2.96 bits per heavy atom. The van der Waals surface area contributed by atoms with Gasteiger partial charge in [-0.1, -0.05) is 0 Å². The van der Waals surface area contributed by atoms with Crippen molar-refractivity contribution < 1.29 is 18.0 Å². The Morgan fingerprint density at radius 2 is 2.24 bits per heavy atom. The summed E-state index contributed by atoms with van der Waals surface area (Å²) in [6.07, 6.45) is 3.73. The second kappa shape index (κ2) is 6.25. The number of halogens is 2. The van der Waals surface area contributed by atoms with Crippen LogP contribution in [0.4, 0.5) is 8.78 Å². The molecule has 6 nitrogen and oxygen atoms in total. The van der Waals surface area contributed by atoms with Crippen molar-refractivity contribution in [1.82, 2.24) is 19.6 Å². The Labute approximate surface area is 144 Å². The van der Waals surface area contributed by atoms with Crippen molar-refractivity contribution in [2.24, 2.45) is 0 Å². The molecular formula is C17H20F2N4O2. The van der Waals surface area contributed by atoms with Gasteiger partial charge in [-0.3, -0.25) is 14.4 Å². The molecule has 4 heterocycles. The number of likely N-dealkylation sites (tertiary alicyclic amines) is 1. The van der Waals surface area contributed by atoms with Gasteiger partial charge in [0.25, 0.3) is 11.8 Å². The summed E-state index contributed by atoms with van der Waals surface area (Å²) in [7, 11) is 0. The fourth-order valence-corrected chi connectivity index (χ4v) is 3.66. The van der Waals surface area contributed by atoms with E-state index in [-0.39, 0.29) is 30.7 Å².